The van der Waals surface area contributed by atoms with Crippen LogP contribution >= 0.6 is 11.8 Å². The highest BCUT2D eigenvalue weighted by atomic mass is 32.2. The first-order valence-corrected chi connectivity index (χ1v) is 10.5. The zero-order valence-corrected chi connectivity index (χ0v) is 18.0. The van der Waals surface area contributed by atoms with Gasteiger partial charge in [-0.2, -0.15) is 4.98 Å². The highest BCUT2D eigenvalue weighted by molar-refractivity contribution is 8.00. The third-order valence-corrected chi connectivity index (χ3v) is 5.76. The normalized spacial score (nSPS) is 15.1. The van der Waals surface area contributed by atoms with E-state index in [1.54, 1.807) is 27.8 Å². The van der Waals surface area contributed by atoms with Gasteiger partial charge < -0.3 is 15.0 Å². The van der Waals surface area contributed by atoms with Crippen LogP contribution in [0.4, 0.5) is 5.95 Å². The molecule has 10 heteroatoms. The van der Waals surface area contributed by atoms with E-state index in [1.165, 1.54) is 16.3 Å². The molecular weight excluding hydrogens is 392 g/mol. The molecule has 3 rings (SSSR count). The number of fused-ring (bicyclic) bond motifs is 1. The Hall–Kier alpha value is -2.51. The molecule has 0 spiro atoms. The zero-order valence-electron chi connectivity index (χ0n) is 17.2. The molecule has 0 amide bonds. The molecule has 1 saturated heterocycles. The third-order valence-electron chi connectivity index (χ3n) is 4.64. The second-order valence-electron chi connectivity index (χ2n) is 6.60. The van der Waals surface area contributed by atoms with E-state index in [9.17, 15) is 9.59 Å². The van der Waals surface area contributed by atoms with Crippen LogP contribution in [0.15, 0.2) is 9.95 Å². The van der Waals surface area contributed by atoms with E-state index >= 15 is 0 Å². The van der Waals surface area contributed by atoms with E-state index in [-0.39, 0.29) is 11.5 Å². The number of ether oxygens (including phenoxy) is 1. The molecule has 0 bridgehead atoms. The van der Waals surface area contributed by atoms with Crippen molar-refractivity contribution in [2.24, 2.45) is 7.05 Å². The number of piperazine rings is 1. The molecule has 9 nitrogen and oxygen atoms in total. The number of nitrogens with zero attached hydrogens (tertiary/aromatic N) is 5. The number of hydrogen-bond donors (Lipinski definition) is 1. The van der Waals surface area contributed by atoms with Crippen LogP contribution in [-0.2, 0) is 23.1 Å². The summed E-state index contributed by atoms with van der Waals surface area (Å²) in [7, 11) is 1.66. The van der Waals surface area contributed by atoms with Gasteiger partial charge in [-0.05, 0) is 20.8 Å². The van der Waals surface area contributed by atoms with E-state index in [0.717, 1.165) is 26.2 Å². The molecule has 1 atom stereocenters. The molecule has 1 aliphatic heterocycles. The van der Waals surface area contributed by atoms with Crippen LogP contribution in [-0.4, -0.2) is 63.1 Å². The van der Waals surface area contributed by atoms with Crippen LogP contribution in [0, 0.1) is 11.8 Å². The quantitative estimate of drug-likeness (QED) is 0.316. The van der Waals surface area contributed by atoms with Crippen LogP contribution in [0.1, 0.15) is 20.8 Å². The first-order chi connectivity index (χ1) is 14.0. The average Bonchev–Trinajstić information content (AvgIpc) is 3.09. The van der Waals surface area contributed by atoms with Gasteiger partial charge in [0.2, 0.25) is 5.95 Å². The van der Waals surface area contributed by atoms with Crippen molar-refractivity contribution in [1.82, 2.24) is 24.4 Å². The Morgan fingerprint density at radius 3 is 2.72 bits per heavy atom. The number of carbonyl (C=O) groups excluding carboxylic acids is 1. The van der Waals surface area contributed by atoms with Gasteiger partial charge in [0.25, 0.3) is 5.56 Å². The lowest BCUT2D eigenvalue weighted by atomic mass is 10.4. The number of thioether (sulfide) groups is 1. The van der Waals surface area contributed by atoms with Gasteiger partial charge in [-0.25, -0.2) is 4.98 Å². The zero-order chi connectivity index (χ0) is 21.0. The van der Waals surface area contributed by atoms with Crippen LogP contribution in [0.25, 0.3) is 11.2 Å². The smallest absolute Gasteiger partial charge is 0.319 e. The maximum Gasteiger partial charge on any atom is 0.319 e. The number of nitrogens with one attached hydrogen (secondary N) is 1. The summed E-state index contributed by atoms with van der Waals surface area (Å²) in [6.45, 7) is 9.25. The largest absolute Gasteiger partial charge is 0.465 e. The Morgan fingerprint density at radius 2 is 2.07 bits per heavy atom. The lowest BCUT2D eigenvalue weighted by Crippen LogP contribution is -2.44. The Bertz CT molecular complexity index is 1010. The van der Waals surface area contributed by atoms with Gasteiger partial charge in [-0.3, -0.25) is 18.7 Å². The van der Waals surface area contributed by atoms with E-state index in [0.29, 0.717) is 35.4 Å². The summed E-state index contributed by atoms with van der Waals surface area (Å²) in [5, 5.41) is 3.27. The van der Waals surface area contributed by atoms with Crippen molar-refractivity contribution in [1.29, 1.82) is 0 Å². The van der Waals surface area contributed by atoms with Gasteiger partial charge in [0, 0.05) is 33.2 Å². The number of imidazole rings is 1. The van der Waals surface area contributed by atoms with E-state index < -0.39 is 5.25 Å². The fourth-order valence-corrected chi connectivity index (χ4v) is 3.98. The monoisotopic (exact) mass is 418 g/mol. The van der Waals surface area contributed by atoms with Crippen molar-refractivity contribution < 1.29 is 9.53 Å². The summed E-state index contributed by atoms with van der Waals surface area (Å²) >= 11 is 1.19. The predicted octanol–water partition coefficient (Wildman–Crippen LogP) is 0.607. The third kappa shape index (κ3) is 4.41. The van der Waals surface area contributed by atoms with Gasteiger partial charge in [-0.1, -0.05) is 17.7 Å². The molecule has 2 aromatic heterocycles. The van der Waals surface area contributed by atoms with Crippen molar-refractivity contribution in [2.45, 2.75) is 37.7 Å². The Balaban J connectivity index is 2.07. The van der Waals surface area contributed by atoms with Gasteiger partial charge in [0.1, 0.15) is 5.25 Å². The lowest BCUT2D eigenvalue weighted by molar-refractivity contribution is -0.142. The SMILES string of the molecule is CC#CCn1c(N2CCNCC2)nc2nc(SC(C)C(=O)OCC)n(C)c(=O)c21. The standard InChI is InChI=1S/C19H26N6O3S/c1-5-7-10-25-14-15(21-18(25)24-11-8-20-9-12-24)22-19(23(4)16(14)26)29-13(3)17(27)28-6-2/h13,20H,6,8-12H2,1-4H3. The molecule has 0 aliphatic carbocycles. The molecular formula is C19H26N6O3S. The van der Waals surface area contributed by atoms with Crippen LogP contribution < -0.4 is 15.8 Å². The summed E-state index contributed by atoms with van der Waals surface area (Å²) in [6, 6.07) is 0. The summed E-state index contributed by atoms with van der Waals surface area (Å²) in [4.78, 5) is 36.6. The molecule has 2 aromatic rings. The maximum absolute atomic E-state index is 13.2. The molecule has 1 fully saturated rings. The average molecular weight is 419 g/mol. The molecule has 0 radical (unpaired) electrons. The van der Waals surface area contributed by atoms with E-state index in [2.05, 4.69) is 32.0 Å². The van der Waals surface area contributed by atoms with Crippen molar-refractivity contribution >= 4 is 34.8 Å². The molecule has 1 N–H and O–H groups in total. The number of carbonyl (C=O) groups is 1. The first kappa shape index (κ1) is 21.2. The number of anilines is 1. The molecule has 0 saturated carbocycles. The Labute approximate surface area is 173 Å². The highest BCUT2D eigenvalue weighted by Crippen LogP contribution is 2.25. The summed E-state index contributed by atoms with van der Waals surface area (Å²) in [5.74, 6) is 6.28. The minimum atomic E-state index is -0.480. The van der Waals surface area contributed by atoms with Crippen molar-refractivity contribution in [3.8, 4) is 11.8 Å². The van der Waals surface area contributed by atoms with Gasteiger partial charge in [0.15, 0.2) is 16.3 Å². The maximum atomic E-state index is 13.2. The van der Waals surface area contributed by atoms with Crippen molar-refractivity contribution in [2.75, 3.05) is 37.7 Å². The summed E-state index contributed by atoms with van der Waals surface area (Å²) in [6.07, 6.45) is 0. The predicted molar refractivity (Wildman–Crippen MR) is 113 cm³/mol. The number of hydrogen-bond acceptors (Lipinski definition) is 8. The van der Waals surface area contributed by atoms with Gasteiger partial charge in [0.05, 0.1) is 13.2 Å². The fourth-order valence-electron chi connectivity index (χ4n) is 3.11. The van der Waals surface area contributed by atoms with E-state index in [1.807, 2.05) is 4.57 Å². The second kappa shape index (κ2) is 9.33. The fraction of sp³-hybridized carbons (Fsp3) is 0.579. The Morgan fingerprint density at radius 1 is 1.34 bits per heavy atom. The number of esters is 1. The summed E-state index contributed by atoms with van der Waals surface area (Å²) < 4.78 is 8.36. The van der Waals surface area contributed by atoms with Crippen molar-refractivity contribution in [3.05, 3.63) is 10.4 Å². The first-order valence-electron chi connectivity index (χ1n) is 9.63. The molecule has 1 aliphatic rings. The number of rotatable bonds is 6. The van der Waals surface area contributed by atoms with Gasteiger partial charge >= 0.3 is 5.97 Å². The Kier molecular flexibility index (Phi) is 6.82. The molecule has 29 heavy (non-hydrogen) atoms. The minimum Gasteiger partial charge on any atom is -0.465 e. The highest BCUT2D eigenvalue weighted by Gasteiger charge is 2.24. The van der Waals surface area contributed by atoms with Crippen molar-refractivity contribution in [3.63, 3.8) is 0 Å². The lowest BCUT2D eigenvalue weighted by Gasteiger charge is -2.28. The molecule has 3 heterocycles. The topological polar surface area (TPSA) is 94.3 Å². The van der Waals surface area contributed by atoms with Gasteiger partial charge in [-0.15, -0.1) is 5.92 Å². The van der Waals surface area contributed by atoms with Crippen LogP contribution in [0.3, 0.4) is 0 Å². The molecule has 156 valence electrons. The molecule has 0 aromatic carbocycles. The second-order valence-corrected chi connectivity index (χ2v) is 7.91. The summed E-state index contributed by atoms with van der Waals surface area (Å²) in [5.41, 5.74) is 0.593. The molecule has 1 unspecified atom stereocenters. The number of aromatic nitrogens is 4. The van der Waals surface area contributed by atoms with E-state index in [4.69, 9.17) is 4.74 Å². The van der Waals surface area contributed by atoms with Crippen LogP contribution in [0.2, 0.25) is 0 Å². The minimum absolute atomic E-state index is 0.208. The van der Waals surface area contributed by atoms with Crippen LogP contribution in [0.5, 0.6) is 0 Å².